The minimum absolute atomic E-state index is 0.220. The minimum atomic E-state index is -1.41. The lowest BCUT2D eigenvalue weighted by molar-refractivity contribution is -0.137. The third kappa shape index (κ3) is 2.33. The fourth-order valence-electron chi connectivity index (χ4n) is 1.36. The van der Waals surface area contributed by atoms with Crippen molar-refractivity contribution in [2.45, 2.75) is 19.6 Å². The Morgan fingerprint density at radius 3 is 2.38 bits per heavy atom. The van der Waals surface area contributed by atoms with Crippen LogP contribution < -0.4 is 0 Å². The van der Waals surface area contributed by atoms with E-state index >= 15 is 0 Å². The standard InChI is InChI=1S/C10H15O2Si/c1-12-10(11)8-6-5-7-9(8)13(2,3)4/h5-7H,1-4H3. The summed E-state index contributed by atoms with van der Waals surface area (Å²) in [7, 11) is 0.0144. The van der Waals surface area contributed by atoms with Crippen LogP contribution in [0.3, 0.4) is 0 Å². The molecule has 1 rings (SSSR count). The highest BCUT2D eigenvalue weighted by Gasteiger charge is 2.43. The minimum Gasteiger partial charge on any atom is -0.469 e. The van der Waals surface area contributed by atoms with Crippen LogP contribution in [0.15, 0.2) is 0 Å². The quantitative estimate of drug-likeness (QED) is 0.496. The molecule has 1 aliphatic rings. The van der Waals surface area contributed by atoms with Crippen molar-refractivity contribution in [2.24, 2.45) is 0 Å². The molecule has 0 N–H and O–H groups in total. The number of esters is 1. The maximum Gasteiger partial charge on any atom is 0.313 e. The smallest absolute Gasteiger partial charge is 0.313 e. The molecule has 0 aromatic heterocycles. The van der Waals surface area contributed by atoms with Gasteiger partial charge in [0.1, 0.15) is 0 Å². The van der Waals surface area contributed by atoms with Crippen LogP contribution in [0.1, 0.15) is 0 Å². The fraction of sp³-hybridized carbons (Fsp3) is 0.400. The number of carbonyl (C=O) groups is 1. The van der Waals surface area contributed by atoms with Crippen LogP contribution in [-0.2, 0) is 9.53 Å². The van der Waals surface area contributed by atoms with Crippen LogP contribution in [0, 0.1) is 30.7 Å². The van der Waals surface area contributed by atoms with Gasteiger partial charge in [0.15, 0.2) is 0 Å². The Bertz CT molecular complexity index is 196. The lowest BCUT2D eigenvalue weighted by Gasteiger charge is -2.27. The molecular weight excluding hydrogens is 180 g/mol. The molecule has 1 saturated carbocycles. The molecule has 0 aromatic carbocycles. The summed E-state index contributed by atoms with van der Waals surface area (Å²) in [6.07, 6.45) is 5.78. The van der Waals surface area contributed by atoms with E-state index in [0.717, 1.165) is 5.92 Å². The van der Waals surface area contributed by atoms with Gasteiger partial charge >= 0.3 is 5.97 Å². The molecule has 0 amide bonds. The highest BCUT2D eigenvalue weighted by molar-refractivity contribution is 6.83. The van der Waals surface area contributed by atoms with Gasteiger partial charge in [-0.1, -0.05) is 19.6 Å². The predicted molar refractivity (Wildman–Crippen MR) is 54.7 cm³/mol. The SMILES string of the molecule is COC(=O)[C]1[CH][CH][CH][C]1[Si](C)(C)C. The van der Waals surface area contributed by atoms with E-state index in [9.17, 15) is 4.79 Å². The second-order valence-electron chi connectivity index (χ2n) is 4.09. The van der Waals surface area contributed by atoms with Crippen molar-refractivity contribution in [1.29, 1.82) is 0 Å². The molecule has 1 aliphatic carbocycles. The third-order valence-corrected chi connectivity index (χ3v) is 4.08. The van der Waals surface area contributed by atoms with Crippen LogP contribution in [0.25, 0.3) is 0 Å². The maximum atomic E-state index is 11.3. The zero-order chi connectivity index (χ0) is 10.1. The first-order valence-corrected chi connectivity index (χ1v) is 7.81. The van der Waals surface area contributed by atoms with Gasteiger partial charge in [0.25, 0.3) is 0 Å². The second kappa shape index (κ2) is 3.82. The monoisotopic (exact) mass is 195 g/mol. The Hall–Kier alpha value is -0.313. The predicted octanol–water partition coefficient (Wildman–Crippen LogP) is 1.81. The van der Waals surface area contributed by atoms with E-state index in [1.54, 1.807) is 0 Å². The number of methoxy groups -OCH3 is 1. The van der Waals surface area contributed by atoms with E-state index < -0.39 is 8.07 Å². The lowest BCUT2D eigenvalue weighted by atomic mass is 10.1. The molecule has 5 radical (unpaired) electrons. The lowest BCUT2D eigenvalue weighted by Crippen LogP contribution is -2.36. The first-order valence-electron chi connectivity index (χ1n) is 4.31. The molecule has 0 bridgehead atoms. The molecule has 2 nitrogen and oxygen atoms in total. The van der Waals surface area contributed by atoms with Crippen molar-refractivity contribution in [3.8, 4) is 0 Å². The summed E-state index contributed by atoms with van der Waals surface area (Å²) in [5.41, 5.74) is 1.18. The first-order chi connectivity index (χ1) is 5.96. The number of hydrogen-bond donors (Lipinski definition) is 0. The topological polar surface area (TPSA) is 26.3 Å². The van der Waals surface area contributed by atoms with Gasteiger partial charge in [-0.05, 0) is 24.8 Å². The Morgan fingerprint density at radius 1 is 1.31 bits per heavy atom. The summed E-state index contributed by atoms with van der Waals surface area (Å²) < 4.78 is 4.71. The molecule has 0 heterocycles. The first kappa shape index (κ1) is 10.8. The Balaban J connectivity index is 2.70. The molecular formula is C10H15O2Si. The van der Waals surface area contributed by atoms with Crippen molar-refractivity contribution in [3.05, 3.63) is 30.7 Å². The van der Waals surface area contributed by atoms with E-state index in [0.29, 0.717) is 0 Å². The number of carbonyl (C=O) groups excluding carboxylic acids is 1. The summed E-state index contributed by atoms with van der Waals surface area (Å²) in [5, 5.41) is 0. The zero-order valence-electron chi connectivity index (χ0n) is 8.55. The number of rotatable bonds is 2. The van der Waals surface area contributed by atoms with Gasteiger partial charge < -0.3 is 4.74 Å². The van der Waals surface area contributed by atoms with Gasteiger partial charge in [0, 0.05) is 0 Å². The number of hydrogen-bond acceptors (Lipinski definition) is 2. The molecule has 0 unspecified atom stereocenters. The van der Waals surface area contributed by atoms with Gasteiger partial charge in [-0.3, -0.25) is 4.79 Å². The largest absolute Gasteiger partial charge is 0.469 e. The van der Waals surface area contributed by atoms with Gasteiger partial charge in [-0.2, -0.15) is 0 Å². The molecule has 0 aliphatic heterocycles. The summed E-state index contributed by atoms with van der Waals surface area (Å²) in [4.78, 5) is 11.3. The van der Waals surface area contributed by atoms with Gasteiger partial charge in [0.05, 0.1) is 21.1 Å². The average Bonchev–Trinajstić information content (AvgIpc) is 2.49. The van der Waals surface area contributed by atoms with Crippen LogP contribution >= 0.6 is 0 Å². The summed E-state index contributed by atoms with van der Waals surface area (Å²) in [5.74, 6) is 0.518. The Kier molecular flexibility index (Phi) is 3.17. The highest BCUT2D eigenvalue weighted by atomic mass is 28.3. The van der Waals surface area contributed by atoms with Crippen molar-refractivity contribution in [1.82, 2.24) is 0 Å². The second-order valence-corrected chi connectivity index (χ2v) is 9.13. The van der Waals surface area contributed by atoms with Gasteiger partial charge in [0.2, 0.25) is 0 Å². The van der Waals surface area contributed by atoms with E-state index in [4.69, 9.17) is 4.74 Å². The van der Waals surface area contributed by atoms with Crippen molar-refractivity contribution >= 4 is 14.0 Å². The molecule has 71 valence electrons. The van der Waals surface area contributed by atoms with Gasteiger partial charge in [-0.15, -0.1) is 0 Å². The normalized spacial score (nSPS) is 20.6. The van der Waals surface area contributed by atoms with Crippen LogP contribution in [0.4, 0.5) is 0 Å². The van der Waals surface area contributed by atoms with E-state index in [-0.39, 0.29) is 5.97 Å². The molecule has 13 heavy (non-hydrogen) atoms. The summed E-state index contributed by atoms with van der Waals surface area (Å²) in [6, 6.07) is 0. The fourth-order valence-corrected chi connectivity index (χ4v) is 2.95. The van der Waals surface area contributed by atoms with E-state index in [2.05, 4.69) is 19.6 Å². The van der Waals surface area contributed by atoms with Crippen LogP contribution in [0.2, 0.25) is 19.6 Å². The van der Waals surface area contributed by atoms with Crippen molar-refractivity contribution < 1.29 is 9.53 Å². The van der Waals surface area contributed by atoms with Crippen LogP contribution in [-0.4, -0.2) is 21.2 Å². The third-order valence-electron chi connectivity index (χ3n) is 2.03. The molecule has 0 atom stereocenters. The maximum absolute atomic E-state index is 11.3. The molecule has 0 saturated heterocycles. The zero-order valence-corrected chi connectivity index (χ0v) is 9.55. The summed E-state index contributed by atoms with van der Waals surface area (Å²) in [6.45, 7) is 6.65. The molecule has 0 aromatic rings. The molecule has 0 spiro atoms. The van der Waals surface area contributed by atoms with E-state index in [1.165, 1.54) is 12.7 Å². The number of ether oxygens (including phenoxy) is 1. The molecule has 1 fully saturated rings. The van der Waals surface area contributed by atoms with Crippen molar-refractivity contribution in [3.63, 3.8) is 0 Å². The van der Waals surface area contributed by atoms with Crippen molar-refractivity contribution in [2.75, 3.05) is 7.11 Å². The molecule has 3 heteroatoms. The van der Waals surface area contributed by atoms with E-state index in [1.807, 2.05) is 19.3 Å². The average molecular weight is 195 g/mol. The Morgan fingerprint density at radius 2 is 1.92 bits per heavy atom. The highest BCUT2D eigenvalue weighted by Crippen LogP contribution is 2.40. The summed E-state index contributed by atoms with van der Waals surface area (Å²) >= 11 is 0. The van der Waals surface area contributed by atoms with Gasteiger partial charge in [-0.25, -0.2) is 0 Å². The Labute approximate surface area is 81.7 Å². The van der Waals surface area contributed by atoms with Crippen LogP contribution in [0.5, 0.6) is 0 Å².